The number of hydrogen-bond acceptors (Lipinski definition) is 5. The lowest BCUT2D eigenvalue weighted by atomic mass is 10.2. The molecule has 7 heteroatoms. The minimum atomic E-state index is -0.348. The maximum absolute atomic E-state index is 12.8. The van der Waals surface area contributed by atoms with Crippen LogP contribution in [0.25, 0.3) is 0 Å². The van der Waals surface area contributed by atoms with Crippen LogP contribution >= 0.6 is 0 Å². The van der Waals surface area contributed by atoms with Gasteiger partial charge in [0.15, 0.2) is 5.76 Å². The van der Waals surface area contributed by atoms with Crippen molar-refractivity contribution in [2.24, 2.45) is 0 Å². The summed E-state index contributed by atoms with van der Waals surface area (Å²) in [6.45, 7) is 0.647. The largest absolute Gasteiger partial charge is 0.490 e. The second-order valence-electron chi connectivity index (χ2n) is 6.97. The smallest absolute Gasteiger partial charge is 0.291 e. The SMILES string of the molecule is O=C(Nc1ccc(NC(=O)c2ccccc2OCCOc2ccccc2)cc1)c1ccco1. The van der Waals surface area contributed by atoms with Gasteiger partial charge < -0.3 is 24.5 Å². The molecule has 2 N–H and O–H groups in total. The Morgan fingerprint density at radius 2 is 1.30 bits per heavy atom. The van der Waals surface area contributed by atoms with Crippen molar-refractivity contribution in [3.05, 3.63) is 109 Å². The molecular weight excluding hydrogens is 420 g/mol. The van der Waals surface area contributed by atoms with E-state index in [9.17, 15) is 9.59 Å². The van der Waals surface area contributed by atoms with E-state index in [-0.39, 0.29) is 17.6 Å². The molecule has 4 rings (SSSR count). The Morgan fingerprint density at radius 1 is 0.667 bits per heavy atom. The van der Waals surface area contributed by atoms with Crippen molar-refractivity contribution in [1.82, 2.24) is 0 Å². The molecule has 0 spiro atoms. The van der Waals surface area contributed by atoms with Crippen LogP contribution in [0.15, 0.2) is 102 Å². The summed E-state index contributed by atoms with van der Waals surface area (Å²) in [6, 6.07) is 26.5. The highest BCUT2D eigenvalue weighted by molar-refractivity contribution is 6.06. The molecule has 7 nitrogen and oxygen atoms in total. The predicted octanol–water partition coefficient (Wildman–Crippen LogP) is 5.24. The molecule has 3 aromatic carbocycles. The zero-order chi connectivity index (χ0) is 22.9. The Kier molecular flexibility index (Phi) is 7.02. The zero-order valence-electron chi connectivity index (χ0n) is 17.7. The first-order chi connectivity index (χ1) is 16.2. The number of carbonyl (C=O) groups is 2. The number of carbonyl (C=O) groups excluding carboxylic acids is 2. The van der Waals surface area contributed by atoms with Crippen molar-refractivity contribution in [2.45, 2.75) is 0 Å². The fourth-order valence-electron chi connectivity index (χ4n) is 3.04. The molecule has 2 amide bonds. The summed E-state index contributed by atoms with van der Waals surface area (Å²) in [5.74, 6) is 0.795. The van der Waals surface area contributed by atoms with Crippen LogP contribution in [0.2, 0.25) is 0 Å². The van der Waals surface area contributed by atoms with Gasteiger partial charge in [-0.15, -0.1) is 0 Å². The Morgan fingerprint density at radius 3 is 2.00 bits per heavy atom. The number of nitrogens with one attached hydrogen (secondary N) is 2. The Balaban J connectivity index is 1.32. The van der Waals surface area contributed by atoms with Gasteiger partial charge in [0.1, 0.15) is 24.7 Å². The van der Waals surface area contributed by atoms with Crippen molar-refractivity contribution in [3.8, 4) is 11.5 Å². The molecule has 0 saturated carbocycles. The first kappa shape index (κ1) is 21.7. The maximum atomic E-state index is 12.8. The Hall–Kier alpha value is -4.52. The number of amides is 2. The monoisotopic (exact) mass is 442 g/mol. The van der Waals surface area contributed by atoms with Gasteiger partial charge in [-0.3, -0.25) is 9.59 Å². The van der Waals surface area contributed by atoms with Gasteiger partial charge in [0.2, 0.25) is 0 Å². The predicted molar refractivity (Wildman–Crippen MR) is 125 cm³/mol. The quantitative estimate of drug-likeness (QED) is 0.346. The van der Waals surface area contributed by atoms with Crippen molar-refractivity contribution in [1.29, 1.82) is 0 Å². The summed E-state index contributed by atoms with van der Waals surface area (Å²) in [5.41, 5.74) is 1.57. The van der Waals surface area contributed by atoms with E-state index in [1.807, 2.05) is 30.3 Å². The number of benzene rings is 3. The van der Waals surface area contributed by atoms with E-state index in [1.54, 1.807) is 60.7 Å². The zero-order valence-corrected chi connectivity index (χ0v) is 17.7. The summed E-state index contributed by atoms with van der Waals surface area (Å²) in [6.07, 6.45) is 1.44. The lowest BCUT2D eigenvalue weighted by molar-refractivity contribution is 0.0994. The molecule has 0 unspecified atom stereocenters. The Bertz CT molecular complexity index is 1190. The molecule has 0 saturated heterocycles. The molecule has 0 bridgehead atoms. The molecule has 4 aromatic rings. The van der Waals surface area contributed by atoms with Gasteiger partial charge in [0, 0.05) is 11.4 Å². The van der Waals surface area contributed by atoms with Gasteiger partial charge in [-0.25, -0.2) is 0 Å². The fourth-order valence-corrected chi connectivity index (χ4v) is 3.04. The van der Waals surface area contributed by atoms with Crippen molar-refractivity contribution in [2.75, 3.05) is 23.8 Å². The van der Waals surface area contributed by atoms with Crippen LogP contribution in [0, 0.1) is 0 Å². The second kappa shape index (κ2) is 10.7. The molecule has 0 atom stereocenters. The molecule has 0 aliphatic heterocycles. The summed E-state index contributed by atoms with van der Waals surface area (Å²) >= 11 is 0. The first-order valence-corrected chi connectivity index (χ1v) is 10.3. The fraction of sp³-hybridized carbons (Fsp3) is 0.0769. The number of para-hydroxylation sites is 2. The van der Waals surface area contributed by atoms with E-state index >= 15 is 0 Å². The third-order valence-electron chi connectivity index (χ3n) is 4.63. The lowest BCUT2D eigenvalue weighted by Gasteiger charge is -2.13. The summed E-state index contributed by atoms with van der Waals surface area (Å²) in [4.78, 5) is 24.9. The topological polar surface area (TPSA) is 89.8 Å². The number of furan rings is 1. The number of hydrogen-bond donors (Lipinski definition) is 2. The Labute approximate surface area is 191 Å². The van der Waals surface area contributed by atoms with E-state index in [0.29, 0.717) is 35.9 Å². The molecular formula is C26H22N2O5. The van der Waals surface area contributed by atoms with Crippen LogP contribution in [-0.4, -0.2) is 25.0 Å². The molecule has 0 aliphatic rings. The lowest BCUT2D eigenvalue weighted by Crippen LogP contribution is -2.16. The molecule has 0 fully saturated rings. The second-order valence-corrected chi connectivity index (χ2v) is 6.97. The minimum Gasteiger partial charge on any atom is -0.490 e. The van der Waals surface area contributed by atoms with E-state index in [0.717, 1.165) is 5.75 Å². The summed E-state index contributed by atoms with van der Waals surface area (Å²) < 4.78 is 16.5. The van der Waals surface area contributed by atoms with Crippen LogP contribution in [0.4, 0.5) is 11.4 Å². The molecule has 0 aliphatic carbocycles. The van der Waals surface area contributed by atoms with E-state index in [1.165, 1.54) is 6.26 Å². The van der Waals surface area contributed by atoms with E-state index in [4.69, 9.17) is 13.9 Å². The van der Waals surface area contributed by atoms with Gasteiger partial charge in [0.25, 0.3) is 11.8 Å². The van der Waals surface area contributed by atoms with Crippen molar-refractivity contribution >= 4 is 23.2 Å². The maximum Gasteiger partial charge on any atom is 0.291 e. The molecule has 1 aromatic heterocycles. The van der Waals surface area contributed by atoms with Gasteiger partial charge in [-0.1, -0.05) is 30.3 Å². The summed E-state index contributed by atoms with van der Waals surface area (Å²) in [7, 11) is 0. The van der Waals surface area contributed by atoms with Crippen LogP contribution in [0.1, 0.15) is 20.9 Å². The van der Waals surface area contributed by atoms with Crippen molar-refractivity contribution < 1.29 is 23.5 Å². The highest BCUT2D eigenvalue weighted by Crippen LogP contribution is 2.21. The average Bonchev–Trinajstić information content (AvgIpc) is 3.39. The highest BCUT2D eigenvalue weighted by atomic mass is 16.5. The van der Waals surface area contributed by atoms with Gasteiger partial charge in [-0.05, 0) is 60.7 Å². The van der Waals surface area contributed by atoms with Gasteiger partial charge in [-0.2, -0.15) is 0 Å². The molecule has 33 heavy (non-hydrogen) atoms. The van der Waals surface area contributed by atoms with Gasteiger partial charge >= 0.3 is 0 Å². The normalized spacial score (nSPS) is 10.3. The molecule has 1 heterocycles. The van der Waals surface area contributed by atoms with E-state index in [2.05, 4.69) is 10.6 Å². The molecule has 0 radical (unpaired) electrons. The third-order valence-corrected chi connectivity index (χ3v) is 4.63. The van der Waals surface area contributed by atoms with Gasteiger partial charge in [0.05, 0.1) is 11.8 Å². The van der Waals surface area contributed by atoms with E-state index < -0.39 is 0 Å². The molecule has 166 valence electrons. The van der Waals surface area contributed by atoms with Crippen LogP contribution < -0.4 is 20.1 Å². The first-order valence-electron chi connectivity index (χ1n) is 10.3. The highest BCUT2D eigenvalue weighted by Gasteiger charge is 2.13. The average molecular weight is 442 g/mol. The summed E-state index contributed by atoms with van der Waals surface area (Å²) in [5, 5.41) is 5.57. The minimum absolute atomic E-state index is 0.221. The van der Waals surface area contributed by atoms with Crippen LogP contribution in [-0.2, 0) is 0 Å². The standard InChI is InChI=1S/C26H22N2O5/c29-25(27-19-12-14-20(15-13-19)28-26(30)24-11-6-16-32-24)22-9-4-5-10-23(22)33-18-17-31-21-7-2-1-3-8-21/h1-16H,17-18H2,(H,27,29)(H,28,30). The van der Waals surface area contributed by atoms with Crippen LogP contribution in [0.5, 0.6) is 11.5 Å². The van der Waals surface area contributed by atoms with Crippen molar-refractivity contribution in [3.63, 3.8) is 0 Å². The number of rotatable bonds is 9. The number of ether oxygens (including phenoxy) is 2. The number of anilines is 2. The third kappa shape index (κ3) is 6.01. The van der Waals surface area contributed by atoms with Crippen LogP contribution in [0.3, 0.4) is 0 Å².